The maximum atomic E-state index is 12.1. The second kappa shape index (κ2) is 4.95. The average molecular weight is 288 g/mol. The molecule has 0 radical (unpaired) electrons. The number of hydrogen-bond acceptors (Lipinski definition) is 3. The maximum absolute atomic E-state index is 12.1. The van der Waals surface area contributed by atoms with Crippen LogP contribution < -0.4 is 4.90 Å². The summed E-state index contributed by atoms with van der Waals surface area (Å²) < 4.78 is 5.60. The van der Waals surface area contributed by atoms with E-state index in [1.807, 2.05) is 25.1 Å². The second-order valence-electron chi connectivity index (χ2n) is 6.65. The molecule has 21 heavy (non-hydrogen) atoms. The van der Waals surface area contributed by atoms with Crippen LogP contribution in [0.25, 0.3) is 0 Å². The molecule has 2 heterocycles. The van der Waals surface area contributed by atoms with Crippen molar-refractivity contribution in [3.05, 3.63) is 35.9 Å². The van der Waals surface area contributed by atoms with Crippen LogP contribution in [-0.4, -0.2) is 30.9 Å². The highest BCUT2D eigenvalue weighted by atomic mass is 16.6. The van der Waals surface area contributed by atoms with Crippen LogP contribution in [0.15, 0.2) is 30.3 Å². The van der Waals surface area contributed by atoms with Gasteiger partial charge in [-0.1, -0.05) is 30.3 Å². The number of carbonyl (C=O) groups is 2. The van der Waals surface area contributed by atoms with Gasteiger partial charge in [0.05, 0.1) is 7.05 Å². The Morgan fingerprint density at radius 3 is 2.62 bits per heavy atom. The zero-order chi connectivity index (χ0) is 15.2. The molecule has 1 aromatic carbocycles. The number of Topliss-reactive ketones (excluding diaryl/α,β-unsaturated/α-hetero) is 1. The topological polar surface area (TPSA) is 47.8 Å². The zero-order valence-corrected chi connectivity index (χ0v) is 12.8. The van der Waals surface area contributed by atoms with E-state index in [0.29, 0.717) is 6.04 Å². The first-order chi connectivity index (χ1) is 9.92. The van der Waals surface area contributed by atoms with Gasteiger partial charge in [-0.3, -0.25) is 9.59 Å². The zero-order valence-electron chi connectivity index (χ0n) is 12.8. The summed E-state index contributed by atoms with van der Waals surface area (Å²) in [4.78, 5) is 25.3. The van der Waals surface area contributed by atoms with E-state index >= 15 is 0 Å². The third-order valence-electron chi connectivity index (χ3n) is 5.13. The lowest BCUT2D eigenvalue weighted by Gasteiger charge is -2.42. The van der Waals surface area contributed by atoms with Crippen molar-refractivity contribution in [1.82, 2.24) is 0 Å². The number of nitrogens with one attached hydrogen (secondary N) is 1. The van der Waals surface area contributed by atoms with E-state index in [1.165, 1.54) is 17.4 Å². The lowest BCUT2D eigenvalue weighted by atomic mass is 9.72. The summed E-state index contributed by atoms with van der Waals surface area (Å²) in [6.07, 6.45) is 0.808. The number of quaternary nitrogens is 1. The number of likely N-dealkylation sites (tertiary alicyclic amines) is 1. The van der Waals surface area contributed by atoms with Gasteiger partial charge in [-0.05, 0) is 13.8 Å². The van der Waals surface area contributed by atoms with Gasteiger partial charge in [0.25, 0.3) is 0 Å². The molecule has 0 spiro atoms. The highest BCUT2D eigenvalue weighted by Crippen LogP contribution is 2.43. The third kappa shape index (κ3) is 2.27. The number of hydrogen-bond donors (Lipinski definition) is 1. The van der Waals surface area contributed by atoms with Crippen molar-refractivity contribution in [1.29, 1.82) is 0 Å². The number of likely N-dealkylation sites (N-methyl/N-ethyl adjacent to an activating group) is 1. The number of fused-ring (bicyclic) bond motifs is 1. The molecule has 2 aliphatic heterocycles. The van der Waals surface area contributed by atoms with Gasteiger partial charge in [0.15, 0.2) is 5.60 Å². The Morgan fingerprint density at radius 2 is 2.00 bits per heavy atom. The molecule has 2 aliphatic rings. The van der Waals surface area contributed by atoms with Crippen molar-refractivity contribution in [2.24, 2.45) is 11.8 Å². The van der Waals surface area contributed by atoms with Crippen LogP contribution in [0.2, 0.25) is 0 Å². The van der Waals surface area contributed by atoms with Crippen molar-refractivity contribution in [2.75, 3.05) is 13.6 Å². The average Bonchev–Trinajstić information content (AvgIpc) is 2.67. The van der Waals surface area contributed by atoms with Crippen molar-refractivity contribution >= 4 is 11.8 Å². The molecule has 2 fully saturated rings. The first-order valence-corrected chi connectivity index (χ1v) is 7.53. The molecule has 5 atom stereocenters. The van der Waals surface area contributed by atoms with E-state index in [1.54, 1.807) is 0 Å². The Labute approximate surface area is 125 Å². The summed E-state index contributed by atoms with van der Waals surface area (Å²) >= 11 is 0. The van der Waals surface area contributed by atoms with Gasteiger partial charge in [0.2, 0.25) is 0 Å². The van der Waals surface area contributed by atoms with Gasteiger partial charge in [-0.15, -0.1) is 0 Å². The van der Waals surface area contributed by atoms with Crippen molar-refractivity contribution < 1.29 is 19.2 Å². The van der Waals surface area contributed by atoms with Gasteiger partial charge in [0, 0.05) is 17.9 Å². The SMILES string of the molecule is CC(=O)[C@H]1C(=O)O[C@@]2(C)C[NH+](C)[C@@H](c3ccccc3)C[C@@H]12. The first kappa shape index (κ1) is 14.3. The molecular weight excluding hydrogens is 266 g/mol. The highest BCUT2D eigenvalue weighted by molar-refractivity contribution is 5.99. The largest absolute Gasteiger partial charge is 0.452 e. The fourth-order valence-corrected chi connectivity index (χ4v) is 4.13. The molecule has 1 unspecified atom stereocenters. The second-order valence-corrected chi connectivity index (χ2v) is 6.65. The Hall–Kier alpha value is -1.68. The number of piperidine rings is 1. The quantitative estimate of drug-likeness (QED) is 0.646. The Morgan fingerprint density at radius 1 is 1.33 bits per heavy atom. The van der Waals surface area contributed by atoms with Crippen LogP contribution in [-0.2, 0) is 14.3 Å². The van der Waals surface area contributed by atoms with Crippen LogP contribution in [0.3, 0.4) is 0 Å². The molecule has 0 bridgehead atoms. The van der Waals surface area contributed by atoms with E-state index in [2.05, 4.69) is 19.2 Å². The van der Waals surface area contributed by atoms with Crippen LogP contribution >= 0.6 is 0 Å². The predicted molar refractivity (Wildman–Crippen MR) is 77.7 cm³/mol. The van der Waals surface area contributed by atoms with Gasteiger partial charge in [-0.2, -0.15) is 0 Å². The minimum absolute atomic E-state index is 0.0172. The Balaban J connectivity index is 1.93. The normalized spacial score (nSPS) is 38.7. The minimum atomic E-state index is -0.589. The monoisotopic (exact) mass is 288 g/mol. The molecule has 0 aromatic heterocycles. The molecule has 112 valence electrons. The van der Waals surface area contributed by atoms with Crippen LogP contribution in [0.5, 0.6) is 0 Å². The number of rotatable bonds is 2. The minimum Gasteiger partial charge on any atom is -0.452 e. The molecule has 1 aromatic rings. The summed E-state index contributed by atoms with van der Waals surface area (Å²) in [5.41, 5.74) is 0.752. The fourth-order valence-electron chi connectivity index (χ4n) is 4.13. The Bertz CT molecular complexity index is 571. The number of ketones is 1. The Kier molecular flexibility index (Phi) is 3.36. The van der Waals surface area contributed by atoms with Crippen molar-refractivity contribution in [2.45, 2.75) is 31.9 Å². The number of esters is 1. The third-order valence-corrected chi connectivity index (χ3v) is 5.13. The molecule has 4 nitrogen and oxygen atoms in total. The molecule has 4 heteroatoms. The molecule has 0 amide bonds. The van der Waals surface area contributed by atoms with Crippen LogP contribution in [0, 0.1) is 11.8 Å². The van der Waals surface area contributed by atoms with Gasteiger partial charge in [-0.25, -0.2) is 0 Å². The standard InChI is InChI=1S/C17H21NO3/c1-11(19)15-13-9-14(12-7-5-4-6-8-12)18(3)10-17(13,2)21-16(15)20/h4-8,13-15H,9-10H2,1-3H3/p+1/t13-,14+,15+,17-/m0/s1. The van der Waals surface area contributed by atoms with Crippen molar-refractivity contribution in [3.63, 3.8) is 0 Å². The van der Waals surface area contributed by atoms with Crippen molar-refractivity contribution in [3.8, 4) is 0 Å². The lowest BCUT2D eigenvalue weighted by molar-refractivity contribution is -0.926. The summed E-state index contributed by atoms with van der Waals surface area (Å²) in [5, 5.41) is 0. The van der Waals surface area contributed by atoms with Gasteiger partial charge in [0.1, 0.15) is 24.3 Å². The van der Waals surface area contributed by atoms with E-state index in [9.17, 15) is 9.59 Å². The summed E-state index contributed by atoms with van der Waals surface area (Å²) in [6.45, 7) is 4.22. The van der Waals surface area contributed by atoms with E-state index in [-0.39, 0.29) is 17.7 Å². The molecule has 0 aliphatic carbocycles. The number of benzene rings is 1. The molecule has 1 N–H and O–H groups in total. The summed E-state index contributed by atoms with van der Waals surface area (Å²) in [6, 6.07) is 10.6. The maximum Gasteiger partial charge on any atom is 0.317 e. The summed E-state index contributed by atoms with van der Waals surface area (Å²) in [7, 11) is 2.13. The fraction of sp³-hybridized carbons (Fsp3) is 0.529. The van der Waals surface area contributed by atoms with Crippen LogP contribution in [0.4, 0.5) is 0 Å². The van der Waals surface area contributed by atoms with Crippen LogP contribution in [0.1, 0.15) is 31.9 Å². The molecular formula is C17H22NO3+. The van der Waals surface area contributed by atoms with E-state index < -0.39 is 11.5 Å². The van der Waals surface area contributed by atoms with E-state index in [0.717, 1.165) is 13.0 Å². The molecule has 2 saturated heterocycles. The van der Waals surface area contributed by atoms with Gasteiger partial charge >= 0.3 is 5.97 Å². The smallest absolute Gasteiger partial charge is 0.317 e. The molecule has 0 saturated carbocycles. The number of carbonyl (C=O) groups excluding carboxylic acids is 2. The summed E-state index contributed by atoms with van der Waals surface area (Å²) in [5.74, 6) is -1.01. The first-order valence-electron chi connectivity index (χ1n) is 7.53. The van der Waals surface area contributed by atoms with E-state index in [4.69, 9.17) is 4.74 Å². The number of ether oxygens (including phenoxy) is 1. The lowest BCUT2D eigenvalue weighted by Crippen LogP contribution is -3.13. The highest BCUT2D eigenvalue weighted by Gasteiger charge is 2.60. The van der Waals surface area contributed by atoms with Gasteiger partial charge < -0.3 is 9.64 Å². The predicted octanol–water partition coefficient (Wildman–Crippen LogP) is 0.783. The molecule has 3 rings (SSSR count).